The van der Waals surface area contributed by atoms with Crippen molar-refractivity contribution in [3.8, 4) is 0 Å². The zero-order valence-corrected chi connectivity index (χ0v) is 7.57. The van der Waals surface area contributed by atoms with E-state index in [1.54, 1.807) is 6.33 Å². The number of imidazole rings is 1. The van der Waals surface area contributed by atoms with Crippen LogP contribution in [0.3, 0.4) is 0 Å². The molecule has 0 fully saturated rings. The van der Waals surface area contributed by atoms with Crippen LogP contribution in [-0.2, 0) is 0 Å². The summed E-state index contributed by atoms with van der Waals surface area (Å²) < 4.78 is 1.89. The van der Waals surface area contributed by atoms with Crippen molar-refractivity contribution in [2.75, 3.05) is 0 Å². The van der Waals surface area contributed by atoms with Gasteiger partial charge in [0.1, 0.15) is 18.0 Å². The Morgan fingerprint density at radius 2 is 2.38 bits per heavy atom. The minimum absolute atomic E-state index is 0.698. The zero-order chi connectivity index (χ0) is 9.26. The average molecular weight is 176 g/mol. The predicted octanol–water partition coefficient (Wildman–Crippen LogP) is 1.14. The molecule has 0 bridgehead atoms. The van der Waals surface area contributed by atoms with E-state index in [0.29, 0.717) is 5.84 Å². The average Bonchev–Trinajstić information content (AvgIpc) is 2.52. The van der Waals surface area contributed by atoms with Crippen LogP contribution >= 0.6 is 0 Å². The molecule has 0 spiro atoms. The van der Waals surface area contributed by atoms with Gasteiger partial charge >= 0.3 is 0 Å². The van der Waals surface area contributed by atoms with Gasteiger partial charge in [0.05, 0.1) is 5.69 Å². The van der Waals surface area contributed by atoms with Crippen LogP contribution in [0.1, 0.15) is 18.5 Å². The van der Waals surface area contributed by atoms with Crippen LogP contribution in [0.15, 0.2) is 23.6 Å². The van der Waals surface area contributed by atoms with Gasteiger partial charge in [0.25, 0.3) is 0 Å². The van der Waals surface area contributed by atoms with Gasteiger partial charge in [0, 0.05) is 12.6 Å². The van der Waals surface area contributed by atoms with Crippen LogP contribution < -0.4 is 5.73 Å². The van der Waals surface area contributed by atoms with E-state index < -0.39 is 0 Å². The van der Waals surface area contributed by atoms with Gasteiger partial charge in [-0.25, -0.2) is 9.98 Å². The number of nitrogens with two attached hydrogens (primary N) is 1. The van der Waals surface area contributed by atoms with E-state index in [0.717, 1.165) is 24.4 Å². The second-order valence-electron chi connectivity index (χ2n) is 3.13. The number of hydrogen-bond acceptors (Lipinski definition) is 3. The lowest BCUT2D eigenvalue weighted by molar-refractivity contribution is 0.977. The third kappa shape index (κ3) is 1.61. The maximum atomic E-state index is 5.64. The van der Waals surface area contributed by atoms with E-state index in [2.05, 4.69) is 16.1 Å². The van der Waals surface area contributed by atoms with Gasteiger partial charge in [0.15, 0.2) is 0 Å². The van der Waals surface area contributed by atoms with E-state index in [1.807, 2.05) is 17.7 Å². The van der Waals surface area contributed by atoms with Gasteiger partial charge in [-0.15, -0.1) is 0 Å². The van der Waals surface area contributed by atoms with Crippen LogP contribution in [0.4, 0.5) is 0 Å². The van der Waals surface area contributed by atoms with Gasteiger partial charge in [-0.3, -0.25) is 4.57 Å². The summed E-state index contributed by atoms with van der Waals surface area (Å²) in [6.45, 7) is 1.95. The van der Waals surface area contributed by atoms with Crippen molar-refractivity contribution in [3.05, 3.63) is 24.3 Å². The van der Waals surface area contributed by atoms with Gasteiger partial charge in [-0.2, -0.15) is 0 Å². The molecule has 0 aromatic carbocycles. The van der Waals surface area contributed by atoms with Crippen molar-refractivity contribution in [2.24, 2.45) is 10.7 Å². The van der Waals surface area contributed by atoms with Gasteiger partial charge in [-0.1, -0.05) is 0 Å². The zero-order valence-electron chi connectivity index (χ0n) is 7.57. The fourth-order valence-electron chi connectivity index (χ4n) is 1.31. The second-order valence-corrected chi connectivity index (χ2v) is 3.13. The molecule has 0 aliphatic carbocycles. The molecule has 68 valence electrons. The summed E-state index contributed by atoms with van der Waals surface area (Å²) in [5, 5.41) is 0. The molecule has 1 aliphatic heterocycles. The van der Waals surface area contributed by atoms with Crippen molar-refractivity contribution >= 4 is 11.7 Å². The summed E-state index contributed by atoms with van der Waals surface area (Å²) in [7, 11) is 0. The smallest absolute Gasteiger partial charge is 0.135 e. The summed E-state index contributed by atoms with van der Waals surface area (Å²) in [5.41, 5.74) is 6.63. The summed E-state index contributed by atoms with van der Waals surface area (Å²) in [5.74, 6) is 1.58. The van der Waals surface area contributed by atoms with Crippen LogP contribution in [0.2, 0.25) is 0 Å². The molecular weight excluding hydrogens is 164 g/mol. The Morgan fingerprint density at radius 3 is 3.00 bits per heavy atom. The number of aliphatic imine (C=N–C) groups is 1. The van der Waals surface area contributed by atoms with Gasteiger partial charge < -0.3 is 5.73 Å². The van der Waals surface area contributed by atoms with Crippen LogP contribution in [0, 0.1) is 6.92 Å². The van der Waals surface area contributed by atoms with Crippen LogP contribution in [0.5, 0.6) is 0 Å². The number of rotatable bonds is 1. The van der Waals surface area contributed by atoms with Crippen LogP contribution in [-0.4, -0.2) is 15.4 Å². The summed E-state index contributed by atoms with van der Waals surface area (Å²) in [6.07, 6.45) is 7.58. The second kappa shape index (κ2) is 3.05. The molecule has 0 saturated heterocycles. The Morgan fingerprint density at radius 1 is 1.54 bits per heavy atom. The van der Waals surface area contributed by atoms with Crippen molar-refractivity contribution < 1.29 is 0 Å². The Hall–Kier alpha value is -1.58. The lowest BCUT2D eigenvalue weighted by Gasteiger charge is -2.09. The molecule has 1 aromatic heterocycles. The first-order valence-electron chi connectivity index (χ1n) is 4.30. The number of nitrogens with zero attached hydrogens (tertiary/aromatic N) is 3. The first kappa shape index (κ1) is 8.04. The summed E-state index contributed by atoms with van der Waals surface area (Å²) in [6, 6.07) is 0. The quantitative estimate of drug-likeness (QED) is 0.697. The SMILES string of the molecule is Cc1cn(C2=CCCC(N)=N2)cn1. The maximum absolute atomic E-state index is 5.64. The lowest BCUT2D eigenvalue weighted by Crippen LogP contribution is -2.14. The predicted molar refractivity (Wildman–Crippen MR) is 52.1 cm³/mol. The number of allylic oxidation sites excluding steroid dienone is 1. The number of aromatic nitrogens is 2. The Kier molecular flexibility index (Phi) is 1.88. The molecule has 2 N–H and O–H groups in total. The Bertz CT molecular complexity index is 373. The van der Waals surface area contributed by atoms with E-state index in [-0.39, 0.29) is 0 Å². The fraction of sp³-hybridized carbons (Fsp3) is 0.333. The maximum Gasteiger partial charge on any atom is 0.135 e. The highest BCUT2D eigenvalue weighted by Gasteiger charge is 2.05. The van der Waals surface area contributed by atoms with Gasteiger partial charge in [0.2, 0.25) is 0 Å². The Labute approximate surface area is 76.8 Å². The Balaban J connectivity index is 2.32. The molecule has 2 rings (SSSR count). The molecule has 4 nitrogen and oxygen atoms in total. The van der Waals surface area contributed by atoms with Crippen molar-refractivity contribution in [1.82, 2.24) is 9.55 Å². The molecular formula is C9H12N4. The minimum Gasteiger partial charge on any atom is -0.387 e. The summed E-state index contributed by atoms with van der Waals surface area (Å²) in [4.78, 5) is 8.37. The van der Waals surface area contributed by atoms with Crippen molar-refractivity contribution in [1.29, 1.82) is 0 Å². The van der Waals surface area contributed by atoms with Crippen molar-refractivity contribution in [2.45, 2.75) is 19.8 Å². The number of hydrogen-bond donors (Lipinski definition) is 1. The normalized spacial score (nSPS) is 16.7. The highest BCUT2D eigenvalue weighted by molar-refractivity contribution is 5.85. The number of amidine groups is 1. The highest BCUT2D eigenvalue weighted by atomic mass is 15.1. The largest absolute Gasteiger partial charge is 0.387 e. The molecule has 0 radical (unpaired) electrons. The lowest BCUT2D eigenvalue weighted by atomic mass is 10.2. The fourth-order valence-corrected chi connectivity index (χ4v) is 1.31. The van der Waals surface area contributed by atoms with E-state index >= 15 is 0 Å². The van der Waals surface area contributed by atoms with E-state index in [4.69, 9.17) is 5.73 Å². The molecule has 0 atom stereocenters. The van der Waals surface area contributed by atoms with E-state index in [9.17, 15) is 0 Å². The number of aryl methyl sites for hydroxylation is 1. The molecule has 0 saturated carbocycles. The van der Waals surface area contributed by atoms with Crippen molar-refractivity contribution in [3.63, 3.8) is 0 Å². The molecule has 2 heterocycles. The van der Waals surface area contributed by atoms with E-state index in [1.165, 1.54) is 0 Å². The first-order valence-corrected chi connectivity index (χ1v) is 4.30. The van der Waals surface area contributed by atoms with Gasteiger partial charge in [-0.05, 0) is 19.4 Å². The molecule has 1 aliphatic rings. The minimum atomic E-state index is 0.698. The monoisotopic (exact) mass is 176 g/mol. The topological polar surface area (TPSA) is 56.2 Å². The highest BCUT2D eigenvalue weighted by Crippen LogP contribution is 2.14. The molecule has 1 aromatic rings. The first-order chi connectivity index (χ1) is 6.25. The third-order valence-corrected chi connectivity index (χ3v) is 1.96. The molecule has 0 unspecified atom stereocenters. The van der Waals surface area contributed by atoms with Crippen LogP contribution in [0.25, 0.3) is 5.82 Å². The molecule has 4 heteroatoms. The summed E-state index contributed by atoms with van der Waals surface area (Å²) >= 11 is 0. The standard InChI is InChI=1S/C9H12N4/c1-7-5-13(6-11-7)9-4-2-3-8(10)12-9/h4-6H,2-3H2,1H3,(H2,10,12). The molecule has 0 amide bonds. The third-order valence-electron chi connectivity index (χ3n) is 1.96. The molecule has 13 heavy (non-hydrogen) atoms.